The molecule has 15 nitrogen and oxygen atoms in total. The van der Waals surface area contributed by atoms with Gasteiger partial charge in [0.25, 0.3) is 0 Å². The van der Waals surface area contributed by atoms with E-state index in [1.807, 2.05) is 0 Å². The maximum atomic E-state index is 13.2. The van der Waals surface area contributed by atoms with Gasteiger partial charge in [0.2, 0.25) is 41.4 Å². The van der Waals surface area contributed by atoms with Crippen LogP contribution in [-0.4, -0.2) is 127 Å². The second kappa shape index (κ2) is 34.2. The maximum absolute atomic E-state index is 13.2. The molecule has 0 aliphatic rings. The third-order valence-electron chi connectivity index (χ3n) is 7.95. The second-order valence-electron chi connectivity index (χ2n) is 12.4. The number of nitrogens with zero attached hydrogens (tertiary/aromatic N) is 1. The molecule has 0 saturated carbocycles. The first kappa shape index (κ1) is 50.6. The van der Waals surface area contributed by atoms with E-state index in [2.05, 4.69) is 82.4 Å². The van der Waals surface area contributed by atoms with E-state index < -0.39 is 12.1 Å². The largest absolute Gasteiger partial charge is 0.356 e. The van der Waals surface area contributed by atoms with Crippen LogP contribution in [0.3, 0.4) is 0 Å². The standard InChI is InChI=1S/C34H64N8O7S4/c35-15-5-1-2-10-32(47)42(20-18-38-33(48)26(40-30(45)13-24-52)8-3-6-16-36-28(43)11-22-50)21-19-39-34(49)27(41-31(46)14-25-53)9-4-7-17-37-29(44)12-23-51/h26-27,50-53H,1-25,35H2,(H,36,43)(H,37,44)(H,38,48)(H,39,49)(H,40,45)(H,41,46)/t26-,27-/m0/s1. The van der Waals surface area contributed by atoms with Gasteiger partial charge in [-0.05, 0) is 80.9 Å². The number of hydrogen-bond donors (Lipinski definition) is 11. The molecule has 7 amide bonds. The Labute approximate surface area is 337 Å². The number of amides is 7. The topological polar surface area (TPSA) is 221 Å². The number of unbranched alkanes of at least 4 members (excludes halogenated alkanes) is 4. The van der Waals surface area contributed by atoms with Crippen LogP contribution in [0, 0.1) is 0 Å². The molecule has 0 radical (unpaired) electrons. The van der Waals surface area contributed by atoms with Gasteiger partial charge in [-0.2, -0.15) is 50.5 Å². The lowest BCUT2D eigenvalue weighted by molar-refractivity contribution is -0.132. The molecular formula is C34H64N8O7S4. The van der Waals surface area contributed by atoms with Crippen molar-refractivity contribution in [2.75, 3.05) is 68.8 Å². The molecule has 0 bridgehead atoms. The zero-order valence-electron chi connectivity index (χ0n) is 31.0. The van der Waals surface area contributed by atoms with E-state index in [1.165, 1.54) is 0 Å². The molecule has 0 heterocycles. The van der Waals surface area contributed by atoms with Crippen molar-refractivity contribution in [2.24, 2.45) is 5.73 Å². The first-order valence-electron chi connectivity index (χ1n) is 18.6. The highest BCUT2D eigenvalue weighted by atomic mass is 32.1. The smallest absolute Gasteiger partial charge is 0.242 e. The third kappa shape index (κ3) is 27.8. The lowest BCUT2D eigenvalue weighted by Crippen LogP contribution is -2.50. The van der Waals surface area contributed by atoms with E-state index in [9.17, 15) is 33.6 Å². The average Bonchev–Trinajstić information content (AvgIpc) is 3.11. The Morgan fingerprint density at radius 1 is 0.472 bits per heavy atom. The van der Waals surface area contributed by atoms with Gasteiger partial charge in [-0.3, -0.25) is 33.6 Å². The van der Waals surface area contributed by atoms with Crippen LogP contribution in [0.1, 0.15) is 89.9 Å². The van der Waals surface area contributed by atoms with Crippen LogP contribution in [0.15, 0.2) is 0 Å². The number of nitrogens with two attached hydrogens (primary N) is 1. The summed E-state index contributed by atoms with van der Waals surface area (Å²) in [5.74, 6) is -0.137. The average molecular weight is 825 g/mol. The highest BCUT2D eigenvalue weighted by molar-refractivity contribution is 7.80. The van der Waals surface area contributed by atoms with Gasteiger partial charge >= 0.3 is 0 Å². The van der Waals surface area contributed by atoms with E-state index in [0.29, 0.717) is 100 Å². The number of rotatable bonds is 33. The molecule has 0 aliphatic heterocycles. The number of carbonyl (C=O) groups is 7. The summed E-state index contributed by atoms with van der Waals surface area (Å²) in [6, 6.07) is -1.59. The molecule has 0 aromatic heterocycles. The molecule has 0 aromatic rings. The minimum absolute atomic E-state index is 0.0933. The molecule has 0 aromatic carbocycles. The van der Waals surface area contributed by atoms with Gasteiger partial charge < -0.3 is 42.5 Å². The van der Waals surface area contributed by atoms with E-state index in [4.69, 9.17) is 5.73 Å². The Morgan fingerprint density at radius 2 is 0.887 bits per heavy atom. The fraction of sp³-hybridized carbons (Fsp3) is 0.794. The third-order valence-corrected chi connectivity index (χ3v) is 8.85. The molecule has 0 spiro atoms. The van der Waals surface area contributed by atoms with Crippen LogP contribution in [0.2, 0.25) is 0 Å². The van der Waals surface area contributed by atoms with Crippen LogP contribution < -0.4 is 37.6 Å². The molecule has 0 unspecified atom stereocenters. The monoisotopic (exact) mass is 824 g/mol. The van der Waals surface area contributed by atoms with Gasteiger partial charge in [0.1, 0.15) is 12.1 Å². The normalized spacial score (nSPS) is 11.9. The zero-order chi connectivity index (χ0) is 39.7. The summed E-state index contributed by atoms with van der Waals surface area (Å²) in [6.07, 6.45) is 6.59. The lowest BCUT2D eigenvalue weighted by Gasteiger charge is -2.25. The van der Waals surface area contributed by atoms with Crippen molar-refractivity contribution >= 4 is 91.9 Å². The SMILES string of the molecule is NCCCCCC(=O)N(CCNC(=O)[C@H](CCCCNC(=O)CCS)NC(=O)CCS)CCNC(=O)[C@H](CCCCNC(=O)CCS)NC(=O)CCS. The predicted molar refractivity (Wildman–Crippen MR) is 222 cm³/mol. The van der Waals surface area contributed by atoms with Crippen molar-refractivity contribution in [1.29, 1.82) is 0 Å². The van der Waals surface area contributed by atoms with E-state index in [1.54, 1.807) is 4.90 Å². The Bertz CT molecular complexity index is 1020. The Morgan fingerprint density at radius 3 is 1.28 bits per heavy atom. The summed E-state index contributed by atoms with van der Waals surface area (Å²) in [5, 5.41) is 16.8. The predicted octanol–water partition coefficient (Wildman–Crippen LogP) is 0.389. The highest BCUT2D eigenvalue weighted by Gasteiger charge is 2.23. The molecule has 306 valence electrons. The minimum atomic E-state index is -0.797. The Balaban J connectivity index is 5.34. The quantitative estimate of drug-likeness (QED) is 0.0328. The second-order valence-corrected chi connectivity index (χ2v) is 14.2. The fourth-order valence-corrected chi connectivity index (χ4v) is 5.86. The Hall–Kier alpha value is -2.35. The van der Waals surface area contributed by atoms with Gasteiger partial charge in [-0.15, -0.1) is 0 Å². The van der Waals surface area contributed by atoms with Crippen molar-refractivity contribution in [3.63, 3.8) is 0 Å². The first-order valence-corrected chi connectivity index (χ1v) is 21.1. The van der Waals surface area contributed by atoms with Crippen molar-refractivity contribution in [2.45, 2.75) is 102 Å². The zero-order valence-corrected chi connectivity index (χ0v) is 34.6. The highest BCUT2D eigenvalue weighted by Crippen LogP contribution is 2.06. The van der Waals surface area contributed by atoms with Crippen LogP contribution in [-0.2, 0) is 33.6 Å². The first-order chi connectivity index (χ1) is 25.5. The number of hydrogen-bond acceptors (Lipinski definition) is 12. The van der Waals surface area contributed by atoms with E-state index >= 15 is 0 Å². The van der Waals surface area contributed by atoms with Gasteiger partial charge in [0.05, 0.1) is 0 Å². The van der Waals surface area contributed by atoms with Crippen LogP contribution in [0.25, 0.3) is 0 Å². The lowest BCUT2D eigenvalue weighted by atomic mass is 10.1. The van der Waals surface area contributed by atoms with Crippen molar-refractivity contribution in [3.8, 4) is 0 Å². The summed E-state index contributed by atoms with van der Waals surface area (Å²) >= 11 is 16.3. The van der Waals surface area contributed by atoms with Gasteiger partial charge in [-0.1, -0.05) is 6.42 Å². The van der Waals surface area contributed by atoms with Crippen molar-refractivity contribution in [1.82, 2.24) is 36.8 Å². The summed E-state index contributed by atoms with van der Waals surface area (Å²) in [7, 11) is 0. The van der Waals surface area contributed by atoms with Crippen molar-refractivity contribution in [3.05, 3.63) is 0 Å². The molecule has 19 heteroatoms. The number of thiol groups is 4. The molecular weight excluding hydrogens is 761 g/mol. The number of nitrogens with one attached hydrogen (secondary N) is 6. The molecule has 0 fully saturated rings. The fourth-order valence-electron chi connectivity index (χ4n) is 5.05. The van der Waals surface area contributed by atoms with Gasteiger partial charge in [-0.25, -0.2) is 0 Å². The molecule has 2 atom stereocenters. The summed E-state index contributed by atoms with van der Waals surface area (Å²) < 4.78 is 0. The molecule has 0 saturated heterocycles. The van der Waals surface area contributed by atoms with Crippen molar-refractivity contribution < 1.29 is 33.6 Å². The summed E-state index contributed by atoms with van der Waals surface area (Å²) in [4.78, 5) is 89.2. The van der Waals surface area contributed by atoms with Crippen LogP contribution >= 0.6 is 50.5 Å². The van der Waals surface area contributed by atoms with Gasteiger partial charge in [0, 0.05) is 71.4 Å². The van der Waals surface area contributed by atoms with E-state index in [0.717, 1.165) is 12.8 Å². The Kier molecular flexibility index (Phi) is 32.6. The summed E-state index contributed by atoms with van der Waals surface area (Å²) in [5.41, 5.74) is 5.60. The van der Waals surface area contributed by atoms with Crippen LogP contribution in [0.4, 0.5) is 0 Å². The van der Waals surface area contributed by atoms with E-state index in [-0.39, 0.29) is 86.8 Å². The van der Waals surface area contributed by atoms with Gasteiger partial charge in [0.15, 0.2) is 0 Å². The molecule has 53 heavy (non-hydrogen) atoms. The van der Waals surface area contributed by atoms with Crippen LogP contribution in [0.5, 0.6) is 0 Å². The summed E-state index contributed by atoms with van der Waals surface area (Å²) in [6.45, 7) is 2.01. The minimum Gasteiger partial charge on any atom is -0.356 e. The molecule has 8 N–H and O–H groups in total. The molecule has 0 rings (SSSR count). The molecule has 0 aliphatic carbocycles. The number of carbonyl (C=O) groups excluding carboxylic acids is 7. The maximum Gasteiger partial charge on any atom is 0.242 e.